The summed E-state index contributed by atoms with van der Waals surface area (Å²) in [6.07, 6.45) is 0.992. The van der Waals surface area contributed by atoms with Crippen molar-refractivity contribution in [2.75, 3.05) is 12.4 Å². The molecule has 4 heteroatoms. The smallest absolute Gasteiger partial charge is 0.132 e. The number of pyridine rings is 1. The van der Waals surface area contributed by atoms with Gasteiger partial charge in [-0.05, 0) is 36.2 Å². The SMILES string of the molecule is CCc1cccc(OCc2nc(NC)ccc2Cl)c1. The molecule has 2 aromatic rings. The number of anilines is 1. The Kier molecular flexibility index (Phi) is 4.63. The van der Waals surface area contributed by atoms with Crippen molar-refractivity contribution in [3.8, 4) is 5.75 Å². The number of rotatable bonds is 5. The average molecular weight is 277 g/mol. The van der Waals surface area contributed by atoms with Crippen LogP contribution in [0.2, 0.25) is 5.02 Å². The van der Waals surface area contributed by atoms with Crippen molar-refractivity contribution < 1.29 is 4.74 Å². The summed E-state index contributed by atoms with van der Waals surface area (Å²) in [5.74, 6) is 1.62. The van der Waals surface area contributed by atoms with Crippen LogP contribution in [0.3, 0.4) is 0 Å². The Bertz CT molecular complexity index is 558. The number of aryl methyl sites for hydroxylation is 1. The lowest BCUT2D eigenvalue weighted by Crippen LogP contribution is -2.02. The van der Waals surface area contributed by atoms with Crippen LogP contribution in [0.25, 0.3) is 0 Å². The fourth-order valence-electron chi connectivity index (χ4n) is 1.73. The Morgan fingerprint density at radius 2 is 2.11 bits per heavy atom. The van der Waals surface area contributed by atoms with Crippen LogP contribution >= 0.6 is 11.6 Å². The highest BCUT2D eigenvalue weighted by molar-refractivity contribution is 6.31. The highest BCUT2D eigenvalue weighted by atomic mass is 35.5. The van der Waals surface area contributed by atoms with Gasteiger partial charge in [0.2, 0.25) is 0 Å². The largest absolute Gasteiger partial charge is 0.487 e. The molecule has 1 heterocycles. The third-order valence-corrected chi connectivity index (χ3v) is 3.20. The number of hydrogen-bond acceptors (Lipinski definition) is 3. The summed E-state index contributed by atoms with van der Waals surface area (Å²) < 4.78 is 5.74. The maximum absolute atomic E-state index is 6.11. The van der Waals surface area contributed by atoms with Crippen molar-refractivity contribution in [3.63, 3.8) is 0 Å². The molecule has 0 aliphatic rings. The van der Waals surface area contributed by atoms with Crippen LogP contribution in [0.4, 0.5) is 5.82 Å². The Labute approximate surface area is 118 Å². The van der Waals surface area contributed by atoms with Gasteiger partial charge < -0.3 is 10.1 Å². The van der Waals surface area contributed by atoms with Gasteiger partial charge in [0.15, 0.2) is 0 Å². The zero-order chi connectivity index (χ0) is 13.7. The molecule has 0 unspecified atom stereocenters. The molecular weight excluding hydrogens is 260 g/mol. The van der Waals surface area contributed by atoms with E-state index >= 15 is 0 Å². The number of hydrogen-bond donors (Lipinski definition) is 1. The number of halogens is 1. The van der Waals surface area contributed by atoms with Gasteiger partial charge in [-0.25, -0.2) is 4.98 Å². The lowest BCUT2D eigenvalue weighted by atomic mass is 10.2. The Hall–Kier alpha value is -1.74. The average Bonchev–Trinajstić information content (AvgIpc) is 2.46. The van der Waals surface area contributed by atoms with Crippen LogP contribution in [-0.2, 0) is 13.0 Å². The van der Waals surface area contributed by atoms with Crippen molar-refractivity contribution >= 4 is 17.4 Å². The molecule has 19 heavy (non-hydrogen) atoms. The molecule has 0 amide bonds. The van der Waals surface area contributed by atoms with Gasteiger partial charge in [0, 0.05) is 7.05 Å². The van der Waals surface area contributed by atoms with E-state index in [9.17, 15) is 0 Å². The number of ether oxygens (including phenoxy) is 1. The first kappa shape index (κ1) is 13.7. The molecule has 0 bridgehead atoms. The molecule has 0 saturated carbocycles. The molecule has 0 aliphatic heterocycles. The third kappa shape index (κ3) is 3.61. The summed E-state index contributed by atoms with van der Waals surface area (Å²) in [7, 11) is 1.82. The molecule has 0 atom stereocenters. The van der Waals surface area contributed by atoms with Gasteiger partial charge in [-0.2, -0.15) is 0 Å². The van der Waals surface area contributed by atoms with Gasteiger partial charge in [0.25, 0.3) is 0 Å². The van der Waals surface area contributed by atoms with E-state index < -0.39 is 0 Å². The zero-order valence-corrected chi connectivity index (χ0v) is 11.9. The number of nitrogens with one attached hydrogen (secondary N) is 1. The van der Waals surface area contributed by atoms with E-state index in [1.165, 1.54) is 5.56 Å². The van der Waals surface area contributed by atoms with Crippen LogP contribution in [0.15, 0.2) is 36.4 Å². The molecule has 1 aromatic heterocycles. The number of aromatic nitrogens is 1. The van der Waals surface area contributed by atoms with E-state index in [4.69, 9.17) is 16.3 Å². The lowest BCUT2D eigenvalue weighted by Gasteiger charge is -2.09. The molecular formula is C15H17ClN2O. The minimum atomic E-state index is 0.363. The number of nitrogens with zero attached hydrogens (tertiary/aromatic N) is 1. The molecule has 0 radical (unpaired) electrons. The normalized spacial score (nSPS) is 10.3. The quantitative estimate of drug-likeness (QED) is 0.899. The summed E-state index contributed by atoms with van der Waals surface area (Å²) in [5, 5.41) is 3.60. The van der Waals surface area contributed by atoms with Crippen molar-refractivity contribution in [3.05, 3.63) is 52.7 Å². The third-order valence-electron chi connectivity index (χ3n) is 2.86. The fraction of sp³-hybridized carbons (Fsp3) is 0.267. The Morgan fingerprint density at radius 1 is 1.26 bits per heavy atom. The van der Waals surface area contributed by atoms with E-state index in [2.05, 4.69) is 23.3 Å². The first-order valence-corrected chi connectivity index (χ1v) is 6.65. The standard InChI is InChI=1S/C15H17ClN2O/c1-3-11-5-4-6-12(9-11)19-10-14-13(16)7-8-15(17-2)18-14/h4-9H,3,10H2,1-2H3,(H,17,18). The van der Waals surface area contributed by atoms with Crippen molar-refractivity contribution in [1.82, 2.24) is 4.98 Å². The summed E-state index contributed by atoms with van der Waals surface area (Å²) >= 11 is 6.11. The predicted octanol–water partition coefficient (Wildman–Crippen LogP) is 3.92. The summed E-state index contributed by atoms with van der Waals surface area (Å²) in [6.45, 7) is 2.48. The van der Waals surface area contributed by atoms with E-state index in [0.717, 1.165) is 23.7 Å². The van der Waals surface area contributed by atoms with Gasteiger partial charge in [0.05, 0.1) is 10.7 Å². The maximum Gasteiger partial charge on any atom is 0.132 e. The second-order valence-electron chi connectivity index (χ2n) is 4.16. The van der Waals surface area contributed by atoms with E-state index in [1.54, 1.807) is 0 Å². The van der Waals surface area contributed by atoms with Crippen LogP contribution in [0.1, 0.15) is 18.2 Å². The maximum atomic E-state index is 6.11. The second-order valence-corrected chi connectivity index (χ2v) is 4.57. The van der Waals surface area contributed by atoms with Crippen LogP contribution in [-0.4, -0.2) is 12.0 Å². The van der Waals surface area contributed by atoms with Crippen LogP contribution < -0.4 is 10.1 Å². The molecule has 0 saturated heterocycles. The topological polar surface area (TPSA) is 34.1 Å². The van der Waals surface area contributed by atoms with Crippen molar-refractivity contribution in [2.24, 2.45) is 0 Å². The Morgan fingerprint density at radius 3 is 2.84 bits per heavy atom. The first-order valence-electron chi connectivity index (χ1n) is 6.28. The summed E-state index contributed by atoms with van der Waals surface area (Å²) in [4.78, 5) is 4.38. The Balaban J connectivity index is 2.09. The highest BCUT2D eigenvalue weighted by Gasteiger charge is 2.05. The summed E-state index contributed by atoms with van der Waals surface area (Å²) in [5.41, 5.74) is 1.98. The minimum absolute atomic E-state index is 0.363. The van der Waals surface area contributed by atoms with E-state index in [1.807, 2.05) is 37.4 Å². The van der Waals surface area contributed by atoms with Gasteiger partial charge >= 0.3 is 0 Å². The zero-order valence-electron chi connectivity index (χ0n) is 11.1. The number of benzene rings is 1. The van der Waals surface area contributed by atoms with Crippen molar-refractivity contribution in [1.29, 1.82) is 0 Å². The van der Waals surface area contributed by atoms with Crippen LogP contribution in [0, 0.1) is 0 Å². The second kappa shape index (κ2) is 6.43. The molecule has 1 aromatic carbocycles. The monoisotopic (exact) mass is 276 g/mol. The van der Waals surface area contributed by atoms with Gasteiger partial charge in [-0.3, -0.25) is 0 Å². The van der Waals surface area contributed by atoms with Gasteiger partial charge in [0.1, 0.15) is 18.2 Å². The first-order chi connectivity index (χ1) is 9.22. The molecule has 100 valence electrons. The lowest BCUT2D eigenvalue weighted by molar-refractivity contribution is 0.301. The molecule has 1 N–H and O–H groups in total. The molecule has 0 aliphatic carbocycles. The van der Waals surface area contributed by atoms with Gasteiger partial charge in [-0.1, -0.05) is 30.7 Å². The van der Waals surface area contributed by atoms with Gasteiger partial charge in [-0.15, -0.1) is 0 Å². The van der Waals surface area contributed by atoms with Crippen molar-refractivity contribution in [2.45, 2.75) is 20.0 Å². The minimum Gasteiger partial charge on any atom is -0.487 e. The van der Waals surface area contributed by atoms with E-state index in [-0.39, 0.29) is 0 Å². The fourth-order valence-corrected chi connectivity index (χ4v) is 1.89. The highest BCUT2D eigenvalue weighted by Crippen LogP contribution is 2.20. The van der Waals surface area contributed by atoms with E-state index in [0.29, 0.717) is 11.6 Å². The molecule has 0 spiro atoms. The molecule has 3 nitrogen and oxygen atoms in total. The molecule has 2 rings (SSSR count). The molecule has 0 fully saturated rings. The predicted molar refractivity (Wildman–Crippen MR) is 78.9 cm³/mol. The van der Waals surface area contributed by atoms with Crippen LogP contribution in [0.5, 0.6) is 5.75 Å². The summed E-state index contributed by atoms with van der Waals surface area (Å²) in [6, 6.07) is 11.7.